The minimum absolute atomic E-state index is 0.0185. The topological polar surface area (TPSA) is 43.1 Å². The third kappa shape index (κ3) is 2.48. The summed E-state index contributed by atoms with van der Waals surface area (Å²) in [6, 6.07) is 5.06. The molecule has 1 unspecified atom stereocenters. The zero-order valence-corrected chi connectivity index (χ0v) is 9.60. The lowest BCUT2D eigenvalue weighted by atomic mass is 10.1. The summed E-state index contributed by atoms with van der Waals surface area (Å²) in [5.41, 5.74) is 6.75. The molecule has 0 amide bonds. The first-order valence-electron chi connectivity index (χ1n) is 3.79. The molecule has 4 heteroatoms. The largest absolute Gasteiger partial charge is 0.399 e. The Kier molecular flexibility index (Phi) is 3.39. The second-order valence-electron chi connectivity index (χ2n) is 2.76. The van der Waals surface area contributed by atoms with Crippen molar-refractivity contribution in [1.82, 2.24) is 0 Å². The molecule has 0 saturated carbocycles. The lowest BCUT2D eigenvalue weighted by molar-refractivity contribution is 0.0993. The highest BCUT2D eigenvalue weighted by atomic mass is 79.9. The maximum absolute atomic E-state index is 11.5. The van der Waals surface area contributed by atoms with Gasteiger partial charge in [0.1, 0.15) is 0 Å². The number of carbonyl (C=O) groups excluding carboxylic acids is 1. The summed E-state index contributed by atoms with van der Waals surface area (Å²) in [5, 5.41) is 0. The van der Waals surface area contributed by atoms with Crippen LogP contribution in [-0.2, 0) is 0 Å². The van der Waals surface area contributed by atoms with E-state index >= 15 is 0 Å². The van der Waals surface area contributed by atoms with Gasteiger partial charge >= 0.3 is 0 Å². The Morgan fingerprint density at radius 2 is 2.23 bits per heavy atom. The van der Waals surface area contributed by atoms with Gasteiger partial charge in [-0.25, -0.2) is 0 Å². The number of nitrogens with two attached hydrogens (primary N) is 1. The Labute approximate surface area is 91.1 Å². The van der Waals surface area contributed by atoms with E-state index in [4.69, 9.17) is 5.73 Å². The number of rotatable bonds is 2. The number of Topliss-reactive ketones (excluding diaryl/α,β-unsaturated/α-hetero) is 1. The first kappa shape index (κ1) is 10.6. The molecule has 0 radical (unpaired) electrons. The first-order chi connectivity index (χ1) is 6.02. The summed E-state index contributed by atoms with van der Waals surface area (Å²) >= 11 is 7.39. The monoisotopic (exact) mass is 259 g/mol. The third-order valence-corrected chi connectivity index (χ3v) is 2.43. The van der Waals surface area contributed by atoms with E-state index in [1.807, 2.05) is 0 Å². The zero-order chi connectivity index (χ0) is 10.0. The molecule has 0 bridgehead atoms. The van der Waals surface area contributed by atoms with E-state index in [0.29, 0.717) is 16.1 Å². The second-order valence-corrected chi connectivity index (χ2v) is 4.61. The van der Waals surface area contributed by atoms with Gasteiger partial charge < -0.3 is 5.73 Å². The van der Waals surface area contributed by atoms with Crippen LogP contribution in [0.15, 0.2) is 23.1 Å². The summed E-state index contributed by atoms with van der Waals surface area (Å²) < 4.78 is 0. The van der Waals surface area contributed by atoms with Crippen LogP contribution in [0.5, 0.6) is 0 Å². The summed E-state index contributed by atoms with van der Waals surface area (Å²) in [5.74, 6) is 0.0185. The molecule has 0 fully saturated rings. The van der Waals surface area contributed by atoms with Gasteiger partial charge in [-0.2, -0.15) is 0 Å². The quantitative estimate of drug-likeness (QED) is 0.371. The van der Waals surface area contributed by atoms with Crippen LogP contribution < -0.4 is 5.73 Å². The average Bonchev–Trinajstić information content (AvgIpc) is 2.03. The molecule has 1 rings (SSSR count). The van der Waals surface area contributed by atoms with Crippen molar-refractivity contribution in [1.29, 1.82) is 0 Å². The van der Waals surface area contributed by atoms with Crippen molar-refractivity contribution in [3.8, 4) is 0 Å². The predicted molar refractivity (Wildman–Crippen MR) is 60.8 cm³/mol. The van der Waals surface area contributed by atoms with Crippen LogP contribution in [0, 0.1) is 0 Å². The highest BCUT2D eigenvalue weighted by Crippen LogP contribution is 2.20. The number of alkyl halides is 1. The van der Waals surface area contributed by atoms with Crippen molar-refractivity contribution in [3.63, 3.8) is 0 Å². The van der Waals surface area contributed by atoms with Crippen LogP contribution in [0.3, 0.4) is 0 Å². The molecule has 0 aliphatic heterocycles. The fourth-order valence-electron chi connectivity index (χ4n) is 0.971. The van der Waals surface area contributed by atoms with E-state index in [1.54, 1.807) is 25.1 Å². The first-order valence-corrected chi connectivity index (χ1v) is 5.15. The molecule has 2 nitrogen and oxygen atoms in total. The van der Waals surface area contributed by atoms with Crippen molar-refractivity contribution < 1.29 is 4.79 Å². The van der Waals surface area contributed by atoms with Crippen LogP contribution in [0.4, 0.5) is 5.69 Å². The summed E-state index contributed by atoms with van der Waals surface area (Å²) in [4.78, 5) is 12.0. The van der Waals surface area contributed by atoms with E-state index in [0.717, 1.165) is 0 Å². The molecule has 2 N–H and O–H groups in total. The maximum atomic E-state index is 11.5. The van der Waals surface area contributed by atoms with Crippen LogP contribution in [-0.4, -0.2) is 10.6 Å². The fraction of sp³-hybridized carbons (Fsp3) is 0.222. The molecule has 1 aromatic rings. The SMILES string of the molecule is CC(Br)C(=O)c1ccc(N)cc1S. The van der Waals surface area contributed by atoms with Gasteiger partial charge in [0.25, 0.3) is 0 Å². The molecule has 0 aromatic heterocycles. The molecule has 70 valence electrons. The van der Waals surface area contributed by atoms with Gasteiger partial charge in [-0.05, 0) is 25.1 Å². The van der Waals surface area contributed by atoms with Crippen LogP contribution in [0.1, 0.15) is 17.3 Å². The smallest absolute Gasteiger partial charge is 0.177 e. The molecule has 0 heterocycles. The van der Waals surface area contributed by atoms with Gasteiger partial charge in [0.15, 0.2) is 5.78 Å². The van der Waals surface area contributed by atoms with E-state index < -0.39 is 0 Å². The average molecular weight is 260 g/mol. The molecule has 0 saturated heterocycles. The lowest BCUT2D eigenvalue weighted by Gasteiger charge is -2.06. The number of carbonyl (C=O) groups is 1. The van der Waals surface area contributed by atoms with E-state index in [2.05, 4.69) is 28.6 Å². The lowest BCUT2D eigenvalue weighted by Crippen LogP contribution is -2.10. The summed E-state index contributed by atoms with van der Waals surface area (Å²) in [6.07, 6.45) is 0. The molecule has 0 aliphatic carbocycles. The second kappa shape index (κ2) is 4.15. The van der Waals surface area contributed by atoms with Gasteiger partial charge in [0.2, 0.25) is 0 Å². The Morgan fingerprint density at radius 1 is 1.62 bits per heavy atom. The highest BCUT2D eigenvalue weighted by molar-refractivity contribution is 9.10. The van der Waals surface area contributed by atoms with E-state index in [9.17, 15) is 4.79 Å². The molecule has 1 aromatic carbocycles. The molecular formula is C9H10BrNOS. The van der Waals surface area contributed by atoms with Crippen LogP contribution in [0.25, 0.3) is 0 Å². The number of hydrogen-bond acceptors (Lipinski definition) is 3. The van der Waals surface area contributed by atoms with Crippen molar-refractivity contribution in [3.05, 3.63) is 23.8 Å². The third-order valence-electron chi connectivity index (χ3n) is 1.65. The van der Waals surface area contributed by atoms with Gasteiger partial charge in [-0.15, -0.1) is 12.6 Å². The van der Waals surface area contributed by atoms with Gasteiger partial charge in [-0.3, -0.25) is 4.79 Å². The van der Waals surface area contributed by atoms with Gasteiger partial charge in [0.05, 0.1) is 4.83 Å². The standard InChI is InChI=1S/C9H10BrNOS/c1-5(10)9(12)7-3-2-6(11)4-8(7)13/h2-5,13H,11H2,1H3. The number of benzene rings is 1. The van der Waals surface area contributed by atoms with Crippen molar-refractivity contribution in [2.45, 2.75) is 16.6 Å². The molecular weight excluding hydrogens is 250 g/mol. The Balaban J connectivity index is 3.09. The number of thiol groups is 1. The Bertz CT molecular complexity index is 338. The Morgan fingerprint density at radius 3 is 2.69 bits per heavy atom. The number of halogens is 1. The minimum atomic E-state index is -0.193. The minimum Gasteiger partial charge on any atom is -0.399 e. The number of nitrogen functional groups attached to an aromatic ring is 1. The zero-order valence-electron chi connectivity index (χ0n) is 7.12. The number of anilines is 1. The fourth-order valence-corrected chi connectivity index (χ4v) is 1.55. The maximum Gasteiger partial charge on any atom is 0.177 e. The van der Waals surface area contributed by atoms with Crippen LogP contribution in [0.2, 0.25) is 0 Å². The number of hydrogen-bond donors (Lipinski definition) is 2. The summed E-state index contributed by atoms with van der Waals surface area (Å²) in [7, 11) is 0. The molecule has 0 spiro atoms. The van der Waals surface area contributed by atoms with E-state index in [1.165, 1.54) is 0 Å². The molecule has 0 aliphatic rings. The predicted octanol–water partition coefficient (Wildman–Crippen LogP) is 2.52. The van der Waals surface area contributed by atoms with Gasteiger partial charge in [0, 0.05) is 16.1 Å². The van der Waals surface area contributed by atoms with E-state index in [-0.39, 0.29) is 10.6 Å². The highest BCUT2D eigenvalue weighted by Gasteiger charge is 2.14. The van der Waals surface area contributed by atoms with Crippen molar-refractivity contribution in [2.75, 3.05) is 5.73 Å². The van der Waals surface area contributed by atoms with Crippen molar-refractivity contribution >= 4 is 40.0 Å². The van der Waals surface area contributed by atoms with Crippen LogP contribution >= 0.6 is 28.6 Å². The Hall–Kier alpha value is -0.480. The molecule has 13 heavy (non-hydrogen) atoms. The normalized spacial score (nSPS) is 12.5. The van der Waals surface area contributed by atoms with Gasteiger partial charge in [-0.1, -0.05) is 15.9 Å². The summed E-state index contributed by atoms with van der Waals surface area (Å²) in [6.45, 7) is 1.78. The number of ketones is 1. The van der Waals surface area contributed by atoms with Crippen molar-refractivity contribution in [2.24, 2.45) is 0 Å². The molecule has 1 atom stereocenters.